The number of hydrogen-bond acceptors (Lipinski definition) is 14. The number of aliphatic hydroxyl groups is 2. The van der Waals surface area contributed by atoms with Gasteiger partial charge in [-0.25, -0.2) is 9.13 Å². The van der Waals surface area contributed by atoms with E-state index >= 15 is 0 Å². The number of phosphoric acid groups is 2. The number of carbonyl (C=O) groups is 3. The minimum absolute atomic E-state index is 0.0890. The van der Waals surface area contributed by atoms with Gasteiger partial charge < -0.3 is 34.2 Å². The van der Waals surface area contributed by atoms with E-state index in [1.807, 2.05) is 0 Å². The van der Waals surface area contributed by atoms with Gasteiger partial charge in [-0.3, -0.25) is 32.5 Å². The Hall–Kier alpha value is -4.83. The zero-order valence-corrected chi connectivity index (χ0v) is 74.5. The first-order valence-electron chi connectivity index (χ1n) is 45.8. The van der Waals surface area contributed by atoms with Crippen LogP contribution in [0.15, 0.2) is 158 Å². The maximum absolute atomic E-state index is 13.0. The molecule has 0 fully saturated rings. The third kappa shape index (κ3) is 89.8. The van der Waals surface area contributed by atoms with Crippen LogP contribution in [0.25, 0.3) is 0 Å². The van der Waals surface area contributed by atoms with E-state index in [0.29, 0.717) is 19.3 Å². The van der Waals surface area contributed by atoms with Crippen LogP contribution in [0.4, 0.5) is 0 Å². The van der Waals surface area contributed by atoms with E-state index in [1.165, 1.54) is 148 Å². The summed E-state index contributed by atoms with van der Waals surface area (Å²) < 4.78 is 61.4. The lowest BCUT2D eigenvalue weighted by Crippen LogP contribution is -2.30. The fourth-order valence-corrected chi connectivity index (χ4v) is 13.9. The number of rotatable bonds is 86. The largest absolute Gasteiger partial charge is 0.472 e. The fraction of sp³-hybridized carbons (Fsp3) is 0.701. The molecule has 0 aromatic carbocycles. The Labute approximate surface area is 701 Å². The Bertz CT molecular complexity index is 2720. The third-order valence-electron chi connectivity index (χ3n) is 19.2. The lowest BCUT2D eigenvalue weighted by Gasteiger charge is -2.21. The normalized spacial score (nSPS) is 14.5. The summed E-state index contributed by atoms with van der Waals surface area (Å²) in [7, 11) is -9.81. The quantitative estimate of drug-likeness (QED) is 0.0146. The second kappa shape index (κ2) is 88.5. The van der Waals surface area contributed by atoms with Gasteiger partial charge in [0, 0.05) is 19.3 Å². The number of ether oxygens (including phenoxy) is 3. The minimum atomic E-state index is -4.94. The molecule has 0 saturated heterocycles. The number of hydrogen-bond donors (Lipinski definition) is 4. The maximum atomic E-state index is 13.0. The van der Waals surface area contributed by atoms with Crippen LogP contribution in [0.1, 0.15) is 380 Å². The maximum Gasteiger partial charge on any atom is 0.472 e. The monoisotopic (exact) mass is 1650 g/mol. The van der Waals surface area contributed by atoms with Crippen LogP contribution in [-0.4, -0.2) is 95.9 Å². The van der Waals surface area contributed by atoms with Gasteiger partial charge in [-0.2, -0.15) is 0 Å². The number of phosphoric ester groups is 2. The first-order valence-corrected chi connectivity index (χ1v) is 48.8. The second-order valence-corrected chi connectivity index (χ2v) is 33.2. The lowest BCUT2D eigenvalue weighted by atomic mass is 10.0. The molecule has 5 atom stereocenters. The topological polar surface area (TPSA) is 231 Å². The van der Waals surface area contributed by atoms with Gasteiger partial charge in [0.25, 0.3) is 0 Å². The average molecular weight is 1650 g/mol. The van der Waals surface area contributed by atoms with Crippen molar-refractivity contribution in [3.63, 3.8) is 0 Å². The van der Waals surface area contributed by atoms with Crippen molar-refractivity contribution in [1.29, 1.82) is 0 Å². The Morgan fingerprint density at radius 2 is 0.461 bits per heavy atom. The van der Waals surface area contributed by atoms with Crippen molar-refractivity contribution in [1.82, 2.24) is 0 Å². The molecule has 115 heavy (non-hydrogen) atoms. The van der Waals surface area contributed by atoms with Gasteiger partial charge in [0.05, 0.1) is 26.4 Å². The molecule has 0 rings (SSSR count). The molecule has 660 valence electrons. The Morgan fingerprint density at radius 3 is 0.730 bits per heavy atom. The van der Waals surface area contributed by atoms with Crippen molar-refractivity contribution < 1.29 is 75.8 Å². The summed E-state index contributed by atoms with van der Waals surface area (Å²) in [6.45, 7) is 2.45. The van der Waals surface area contributed by atoms with Crippen LogP contribution in [0.5, 0.6) is 0 Å². The van der Waals surface area contributed by atoms with Crippen LogP contribution in [-0.2, 0) is 55.8 Å². The standard InChI is InChI=1S/C97H166O16P2/c1-4-7-10-13-16-19-22-25-28-31-33-35-37-39-41-43-44-45-46-48-50-51-53-55-57-60-62-65-68-71-74-77-80-83-95(100)107-86-92(98)87-109-114(103,104)110-88-93(99)89-111-115(105,106)112-91-94(113-97(102)85-82-79-76-73-70-67-64-59-30-27-24-21-18-15-12-9-6-3)90-108-96(101)84-81-78-75-72-69-66-63-61-58-56-54-52-49-47-42-40-38-36-34-32-29-26-23-20-17-14-11-8-5-2/h8-9,11-12,16-21,25-30,33-36,39-42,49,52,92-94,98-99H,4-7,10,13-15,22-24,31-32,37-38,43-48,50-51,53-91H2,1-3H3,(H,103,104)(H,105,106)/b11-8-,12-9-,19-16-,20-17-,21-18-,28-25-,29-26-,30-27-,35-33-,36-34-,41-39-,42-40-,52-49-. The molecular formula is C97H166O16P2. The van der Waals surface area contributed by atoms with Crippen molar-refractivity contribution in [3.05, 3.63) is 158 Å². The number of carbonyl (C=O) groups excluding carboxylic acids is 3. The van der Waals surface area contributed by atoms with Crippen molar-refractivity contribution in [2.45, 2.75) is 399 Å². The Kier molecular flexibility index (Phi) is 84.7. The van der Waals surface area contributed by atoms with Gasteiger partial charge in [-0.05, 0) is 148 Å². The van der Waals surface area contributed by atoms with E-state index < -0.39 is 91.5 Å². The van der Waals surface area contributed by atoms with E-state index in [9.17, 15) is 43.5 Å². The van der Waals surface area contributed by atoms with Gasteiger partial charge >= 0.3 is 33.6 Å². The van der Waals surface area contributed by atoms with E-state index in [4.69, 9.17) is 32.3 Å². The number of esters is 3. The molecule has 0 aliphatic rings. The SMILES string of the molecule is CC/C=C\C/C=C\C/C=C\C/C=C\C/C=C\C/C=C\CCCCCCCCCCCCC(=O)OCC(COP(=O)(O)OCC(O)COP(=O)(O)OCC(O)COC(=O)CCCCCCCCCCCCCCCCCCC/C=C\C/C=C\C/C=C\C/C=C\CCCCC)OC(=O)CCCCCCCCC/C=C\C/C=C\C/C=C\CC. The molecule has 16 nitrogen and oxygen atoms in total. The smallest absolute Gasteiger partial charge is 0.463 e. The molecule has 0 aromatic rings. The first kappa shape index (κ1) is 110. The third-order valence-corrected chi connectivity index (χ3v) is 21.1. The van der Waals surface area contributed by atoms with Gasteiger partial charge in [0.1, 0.15) is 25.4 Å². The second-order valence-electron chi connectivity index (χ2n) is 30.3. The fourth-order valence-electron chi connectivity index (χ4n) is 12.3. The first-order chi connectivity index (χ1) is 56.2. The van der Waals surface area contributed by atoms with Crippen LogP contribution < -0.4 is 0 Å². The molecule has 18 heteroatoms. The highest BCUT2D eigenvalue weighted by Gasteiger charge is 2.29. The average Bonchev–Trinajstić information content (AvgIpc) is 0.897. The molecule has 0 aliphatic carbocycles. The predicted molar refractivity (Wildman–Crippen MR) is 482 cm³/mol. The van der Waals surface area contributed by atoms with Gasteiger partial charge in [-0.1, -0.05) is 371 Å². The Morgan fingerprint density at radius 1 is 0.252 bits per heavy atom. The van der Waals surface area contributed by atoms with Gasteiger partial charge in [-0.15, -0.1) is 0 Å². The summed E-state index contributed by atoms with van der Waals surface area (Å²) >= 11 is 0. The van der Waals surface area contributed by atoms with Crippen LogP contribution in [0, 0.1) is 0 Å². The van der Waals surface area contributed by atoms with Crippen molar-refractivity contribution in [3.8, 4) is 0 Å². The molecule has 0 aliphatic heterocycles. The molecule has 0 amide bonds. The summed E-state index contributed by atoms with van der Waals surface area (Å²) in [5.74, 6) is -1.58. The molecular weight excluding hydrogens is 1480 g/mol. The molecule has 0 radical (unpaired) electrons. The number of unbranched alkanes of at least 4 members (excludes halogenated alkanes) is 37. The zero-order chi connectivity index (χ0) is 83.6. The molecule has 0 heterocycles. The zero-order valence-electron chi connectivity index (χ0n) is 72.7. The highest BCUT2D eigenvalue weighted by atomic mass is 31.2. The molecule has 0 aromatic heterocycles. The highest BCUT2D eigenvalue weighted by molar-refractivity contribution is 7.47. The molecule has 0 spiro atoms. The molecule has 5 unspecified atom stereocenters. The molecule has 0 bridgehead atoms. The van der Waals surface area contributed by atoms with Crippen LogP contribution in [0.3, 0.4) is 0 Å². The lowest BCUT2D eigenvalue weighted by molar-refractivity contribution is -0.161. The van der Waals surface area contributed by atoms with Gasteiger partial charge in [0.2, 0.25) is 0 Å². The summed E-state index contributed by atoms with van der Waals surface area (Å²) in [4.78, 5) is 58.9. The van der Waals surface area contributed by atoms with Crippen LogP contribution in [0.2, 0.25) is 0 Å². The van der Waals surface area contributed by atoms with E-state index in [2.05, 4.69) is 179 Å². The molecule has 0 saturated carbocycles. The van der Waals surface area contributed by atoms with E-state index in [-0.39, 0.29) is 19.3 Å². The predicted octanol–water partition coefficient (Wildman–Crippen LogP) is 28.1. The van der Waals surface area contributed by atoms with Crippen molar-refractivity contribution >= 4 is 33.6 Å². The van der Waals surface area contributed by atoms with E-state index in [0.717, 1.165) is 173 Å². The van der Waals surface area contributed by atoms with Crippen LogP contribution >= 0.6 is 15.6 Å². The van der Waals surface area contributed by atoms with Gasteiger partial charge in [0.15, 0.2) is 6.10 Å². The van der Waals surface area contributed by atoms with E-state index in [1.54, 1.807) is 0 Å². The van der Waals surface area contributed by atoms with Crippen molar-refractivity contribution in [2.75, 3.05) is 39.6 Å². The highest BCUT2D eigenvalue weighted by Crippen LogP contribution is 2.45. The molecule has 4 N–H and O–H groups in total. The number of allylic oxidation sites excluding steroid dienone is 26. The summed E-state index contributed by atoms with van der Waals surface area (Å²) in [5.41, 5.74) is 0. The minimum Gasteiger partial charge on any atom is -0.463 e. The van der Waals surface area contributed by atoms with Crippen molar-refractivity contribution in [2.24, 2.45) is 0 Å². The number of aliphatic hydroxyl groups excluding tert-OH is 2. The summed E-state index contributed by atoms with van der Waals surface area (Å²) in [6.07, 6.45) is 113. The summed E-state index contributed by atoms with van der Waals surface area (Å²) in [5, 5.41) is 20.7. The summed E-state index contributed by atoms with van der Waals surface area (Å²) in [6, 6.07) is 0. The Balaban J connectivity index is 4.51.